The van der Waals surface area contributed by atoms with E-state index in [1.807, 2.05) is 19.2 Å². The van der Waals surface area contributed by atoms with E-state index in [-0.39, 0.29) is 10.8 Å². The standard InChI is InChI=1S/C21H20ClFN2O/c1-24-11-12-2-6-19-16(8-12)17-9-13(3-7-20(17)25-19)21(26)15-5-4-14(23)10-18(15)22/h3-5,7,9-10,12,24-25H,2,6,8,11H2,1H3. The number of aromatic nitrogens is 1. The van der Waals surface area contributed by atoms with E-state index in [1.54, 1.807) is 6.07 Å². The zero-order valence-electron chi connectivity index (χ0n) is 14.5. The number of hydrogen-bond acceptors (Lipinski definition) is 2. The van der Waals surface area contributed by atoms with Crippen molar-refractivity contribution in [2.75, 3.05) is 13.6 Å². The van der Waals surface area contributed by atoms with Gasteiger partial charge in [0.2, 0.25) is 0 Å². The van der Waals surface area contributed by atoms with Crippen molar-refractivity contribution in [3.05, 3.63) is 69.6 Å². The fourth-order valence-electron chi connectivity index (χ4n) is 3.92. The monoisotopic (exact) mass is 370 g/mol. The predicted octanol–water partition coefficient (Wildman–Crippen LogP) is 4.52. The van der Waals surface area contributed by atoms with Crippen LogP contribution in [0, 0.1) is 11.7 Å². The molecule has 2 aromatic carbocycles. The average molecular weight is 371 g/mol. The third-order valence-electron chi connectivity index (χ3n) is 5.22. The van der Waals surface area contributed by atoms with Crippen LogP contribution in [0.2, 0.25) is 5.02 Å². The number of aromatic amines is 1. The maximum Gasteiger partial charge on any atom is 0.194 e. The zero-order chi connectivity index (χ0) is 18.3. The first-order chi connectivity index (χ1) is 12.6. The third kappa shape index (κ3) is 3.04. The molecule has 26 heavy (non-hydrogen) atoms. The van der Waals surface area contributed by atoms with Gasteiger partial charge in [0.25, 0.3) is 0 Å². The fraction of sp³-hybridized carbons (Fsp3) is 0.286. The SMILES string of the molecule is CNCC1CCc2[nH]c3ccc(C(=O)c4ccc(F)cc4Cl)cc3c2C1. The summed E-state index contributed by atoms with van der Waals surface area (Å²) in [5.41, 5.74) is 4.54. The zero-order valence-corrected chi connectivity index (χ0v) is 15.3. The topological polar surface area (TPSA) is 44.9 Å². The Labute approximate surface area is 156 Å². The minimum absolute atomic E-state index is 0.139. The molecule has 0 saturated carbocycles. The lowest BCUT2D eigenvalue weighted by atomic mass is 9.86. The van der Waals surface area contributed by atoms with Crippen LogP contribution in [-0.4, -0.2) is 24.4 Å². The van der Waals surface area contributed by atoms with Crippen molar-refractivity contribution >= 4 is 28.3 Å². The summed E-state index contributed by atoms with van der Waals surface area (Å²) >= 11 is 6.07. The van der Waals surface area contributed by atoms with Crippen molar-refractivity contribution in [3.63, 3.8) is 0 Å². The highest BCUT2D eigenvalue weighted by atomic mass is 35.5. The smallest absolute Gasteiger partial charge is 0.194 e. The molecule has 0 aliphatic heterocycles. The van der Waals surface area contributed by atoms with Crippen LogP contribution < -0.4 is 5.32 Å². The second kappa shape index (κ2) is 6.86. The van der Waals surface area contributed by atoms with Crippen molar-refractivity contribution < 1.29 is 9.18 Å². The van der Waals surface area contributed by atoms with Crippen LogP contribution >= 0.6 is 11.6 Å². The van der Waals surface area contributed by atoms with Gasteiger partial charge in [-0.1, -0.05) is 11.6 Å². The van der Waals surface area contributed by atoms with Gasteiger partial charge in [-0.05, 0) is 80.7 Å². The first kappa shape index (κ1) is 17.3. The van der Waals surface area contributed by atoms with E-state index in [1.165, 1.54) is 29.5 Å². The van der Waals surface area contributed by atoms with Gasteiger partial charge in [-0.15, -0.1) is 0 Å². The minimum Gasteiger partial charge on any atom is -0.358 e. The van der Waals surface area contributed by atoms with Gasteiger partial charge in [-0.2, -0.15) is 0 Å². The van der Waals surface area contributed by atoms with Crippen LogP contribution in [0.3, 0.4) is 0 Å². The first-order valence-electron chi connectivity index (χ1n) is 8.84. The number of nitrogens with one attached hydrogen (secondary N) is 2. The van der Waals surface area contributed by atoms with Crippen LogP contribution in [0.1, 0.15) is 33.6 Å². The molecule has 3 nitrogen and oxygen atoms in total. The molecule has 1 unspecified atom stereocenters. The molecule has 134 valence electrons. The fourth-order valence-corrected chi connectivity index (χ4v) is 4.18. The van der Waals surface area contributed by atoms with Gasteiger partial charge >= 0.3 is 0 Å². The highest BCUT2D eigenvalue weighted by Crippen LogP contribution is 2.33. The number of carbonyl (C=O) groups excluding carboxylic acids is 1. The molecule has 0 fully saturated rings. The van der Waals surface area contributed by atoms with Crippen molar-refractivity contribution in [1.29, 1.82) is 0 Å². The molecule has 2 N–H and O–H groups in total. The molecule has 0 saturated heterocycles. The molecule has 1 aliphatic carbocycles. The molecule has 4 rings (SSSR count). The van der Waals surface area contributed by atoms with Crippen LogP contribution in [0.15, 0.2) is 36.4 Å². The van der Waals surface area contributed by atoms with E-state index in [4.69, 9.17) is 11.6 Å². The molecular formula is C21H20ClFN2O. The quantitative estimate of drug-likeness (QED) is 0.663. The van der Waals surface area contributed by atoms with Gasteiger partial charge in [0.1, 0.15) is 5.82 Å². The van der Waals surface area contributed by atoms with Crippen LogP contribution in [0.25, 0.3) is 10.9 Å². The largest absolute Gasteiger partial charge is 0.358 e. The van der Waals surface area contributed by atoms with E-state index in [2.05, 4.69) is 10.3 Å². The van der Waals surface area contributed by atoms with E-state index in [0.717, 1.165) is 36.7 Å². The second-order valence-electron chi connectivity index (χ2n) is 6.96. The van der Waals surface area contributed by atoms with Crippen LogP contribution in [-0.2, 0) is 12.8 Å². The van der Waals surface area contributed by atoms with E-state index in [9.17, 15) is 9.18 Å². The van der Waals surface area contributed by atoms with Gasteiger partial charge in [-0.3, -0.25) is 4.79 Å². The number of H-pyrrole nitrogens is 1. The lowest BCUT2D eigenvalue weighted by Gasteiger charge is -2.22. The van der Waals surface area contributed by atoms with Crippen molar-refractivity contribution in [1.82, 2.24) is 10.3 Å². The average Bonchev–Trinajstić information content (AvgIpc) is 2.99. The molecule has 1 aromatic heterocycles. The summed E-state index contributed by atoms with van der Waals surface area (Å²) in [6, 6.07) is 9.57. The molecule has 0 spiro atoms. The Morgan fingerprint density at radius 1 is 1.31 bits per heavy atom. The van der Waals surface area contributed by atoms with Gasteiger partial charge in [0.05, 0.1) is 5.02 Å². The Kier molecular flexibility index (Phi) is 4.55. The predicted molar refractivity (Wildman–Crippen MR) is 103 cm³/mol. The molecular weight excluding hydrogens is 351 g/mol. The Morgan fingerprint density at radius 2 is 2.15 bits per heavy atom. The first-order valence-corrected chi connectivity index (χ1v) is 9.22. The summed E-state index contributed by atoms with van der Waals surface area (Å²) in [5, 5.41) is 4.50. The Hall–Kier alpha value is -2.17. The summed E-state index contributed by atoms with van der Waals surface area (Å²) in [4.78, 5) is 16.3. The summed E-state index contributed by atoms with van der Waals surface area (Å²) < 4.78 is 13.3. The molecule has 3 aromatic rings. The molecule has 1 aliphatic rings. The highest BCUT2D eigenvalue weighted by Gasteiger charge is 2.23. The molecule has 1 heterocycles. The number of halogens is 2. The van der Waals surface area contributed by atoms with E-state index in [0.29, 0.717) is 17.0 Å². The molecule has 5 heteroatoms. The minimum atomic E-state index is -0.447. The lowest BCUT2D eigenvalue weighted by molar-refractivity contribution is 0.103. The van der Waals surface area contributed by atoms with Crippen LogP contribution in [0.5, 0.6) is 0 Å². The summed E-state index contributed by atoms with van der Waals surface area (Å²) in [6.45, 7) is 0.996. The maximum atomic E-state index is 13.3. The van der Waals surface area contributed by atoms with Crippen molar-refractivity contribution in [2.45, 2.75) is 19.3 Å². The van der Waals surface area contributed by atoms with Gasteiger partial charge < -0.3 is 10.3 Å². The lowest BCUT2D eigenvalue weighted by Crippen LogP contribution is -2.24. The Bertz CT molecular complexity index is 995. The molecule has 0 amide bonds. The molecule has 1 atom stereocenters. The number of benzene rings is 2. The van der Waals surface area contributed by atoms with Gasteiger partial charge in [0, 0.05) is 27.7 Å². The van der Waals surface area contributed by atoms with Crippen molar-refractivity contribution in [3.8, 4) is 0 Å². The molecule has 0 bridgehead atoms. The molecule has 0 radical (unpaired) electrons. The van der Waals surface area contributed by atoms with E-state index >= 15 is 0 Å². The Morgan fingerprint density at radius 3 is 2.92 bits per heavy atom. The normalized spacial score (nSPS) is 16.7. The number of hydrogen-bond donors (Lipinski definition) is 2. The number of fused-ring (bicyclic) bond motifs is 3. The summed E-state index contributed by atoms with van der Waals surface area (Å²) in [7, 11) is 1.98. The summed E-state index contributed by atoms with van der Waals surface area (Å²) in [5.74, 6) is -0.0240. The van der Waals surface area contributed by atoms with Crippen molar-refractivity contribution in [2.24, 2.45) is 5.92 Å². The van der Waals surface area contributed by atoms with Gasteiger partial charge in [0.15, 0.2) is 5.78 Å². The highest BCUT2D eigenvalue weighted by molar-refractivity contribution is 6.35. The Balaban J connectivity index is 1.73. The number of rotatable bonds is 4. The number of ketones is 1. The summed E-state index contributed by atoms with van der Waals surface area (Å²) in [6.07, 6.45) is 3.20. The number of carbonyl (C=O) groups is 1. The van der Waals surface area contributed by atoms with E-state index < -0.39 is 5.82 Å². The van der Waals surface area contributed by atoms with Gasteiger partial charge in [-0.25, -0.2) is 4.39 Å². The maximum absolute atomic E-state index is 13.3. The second-order valence-corrected chi connectivity index (χ2v) is 7.37. The number of aryl methyl sites for hydroxylation is 1. The van der Waals surface area contributed by atoms with Crippen LogP contribution in [0.4, 0.5) is 4.39 Å². The third-order valence-corrected chi connectivity index (χ3v) is 5.53.